The van der Waals surface area contributed by atoms with E-state index < -0.39 is 5.97 Å². The van der Waals surface area contributed by atoms with E-state index in [1.165, 1.54) is 18.7 Å². The van der Waals surface area contributed by atoms with E-state index in [0.29, 0.717) is 47.4 Å². The van der Waals surface area contributed by atoms with Crippen LogP contribution in [0, 0.1) is 10.7 Å². The van der Waals surface area contributed by atoms with Crippen LogP contribution in [0.2, 0.25) is 0 Å². The molecule has 1 fully saturated rings. The molecular formula is C18H22I3N3O5. The van der Waals surface area contributed by atoms with Crippen LogP contribution in [0.25, 0.3) is 0 Å². The molecule has 0 aliphatic carbocycles. The first-order valence-corrected chi connectivity index (χ1v) is 12.1. The Hall–Kier alpha value is -0.260. The van der Waals surface area contributed by atoms with Gasteiger partial charge in [-0.1, -0.05) is 0 Å². The molecule has 0 radical (unpaired) electrons. The van der Waals surface area contributed by atoms with Crippen molar-refractivity contribution in [3.8, 4) is 0 Å². The molecule has 1 saturated heterocycles. The number of morpholine rings is 1. The topological polar surface area (TPSA) is 88.2 Å². The van der Waals surface area contributed by atoms with Gasteiger partial charge in [0.15, 0.2) is 0 Å². The zero-order valence-electron chi connectivity index (χ0n) is 16.3. The molecule has 160 valence electrons. The van der Waals surface area contributed by atoms with Gasteiger partial charge in [0.1, 0.15) is 6.61 Å². The van der Waals surface area contributed by atoms with Crippen LogP contribution in [-0.4, -0.2) is 69.2 Å². The van der Waals surface area contributed by atoms with E-state index in [9.17, 15) is 14.4 Å². The van der Waals surface area contributed by atoms with E-state index in [1.807, 2.05) is 22.6 Å². The number of hydrogen-bond acceptors (Lipinski definition) is 6. The Labute approximate surface area is 210 Å². The summed E-state index contributed by atoms with van der Waals surface area (Å²) in [5.74, 6) is -0.916. The fourth-order valence-corrected chi connectivity index (χ4v) is 7.33. The minimum Gasteiger partial charge on any atom is -0.461 e. The van der Waals surface area contributed by atoms with Crippen LogP contribution in [-0.2, 0) is 19.1 Å². The zero-order chi connectivity index (χ0) is 21.7. The number of carbonyl (C=O) groups is 3. The lowest BCUT2D eigenvalue weighted by Gasteiger charge is -2.26. The number of amides is 2. The standard InChI is InChI=1S/C18H22I3N3O5/c1-10(25)22-16-13(19)12(14(20)17(15(16)21)23(3)11(2)26)18(27)29-9-6-24-4-7-28-8-5-24/h4-9H2,1-3H3,(H,22,25). The number of rotatable bonds is 6. The Morgan fingerprint density at radius 3 is 2.28 bits per heavy atom. The van der Waals surface area contributed by atoms with Crippen molar-refractivity contribution >= 4 is 96.9 Å². The molecule has 1 aliphatic rings. The Morgan fingerprint density at radius 1 is 1.10 bits per heavy atom. The van der Waals surface area contributed by atoms with Crippen molar-refractivity contribution in [3.05, 3.63) is 16.3 Å². The van der Waals surface area contributed by atoms with Crippen molar-refractivity contribution < 1.29 is 23.9 Å². The maximum absolute atomic E-state index is 12.9. The molecule has 0 bridgehead atoms. The molecule has 8 nitrogen and oxygen atoms in total. The van der Waals surface area contributed by atoms with E-state index in [-0.39, 0.29) is 18.4 Å². The molecule has 1 heterocycles. The van der Waals surface area contributed by atoms with Crippen LogP contribution in [0.1, 0.15) is 24.2 Å². The van der Waals surface area contributed by atoms with Crippen LogP contribution in [0.5, 0.6) is 0 Å². The Bertz CT molecular complexity index is 813. The molecule has 1 aromatic carbocycles. The lowest BCUT2D eigenvalue weighted by atomic mass is 10.1. The van der Waals surface area contributed by atoms with Crippen LogP contribution < -0.4 is 10.2 Å². The van der Waals surface area contributed by atoms with Crippen LogP contribution in [0.15, 0.2) is 0 Å². The number of anilines is 2. The highest BCUT2D eigenvalue weighted by Crippen LogP contribution is 2.40. The Balaban J connectivity index is 2.35. The normalized spacial score (nSPS) is 14.4. The SMILES string of the molecule is CC(=O)Nc1c(I)c(C(=O)OCCN2CCOCC2)c(I)c(N(C)C(C)=O)c1I. The van der Waals surface area contributed by atoms with E-state index in [4.69, 9.17) is 9.47 Å². The maximum atomic E-state index is 12.9. The van der Waals surface area contributed by atoms with Gasteiger partial charge >= 0.3 is 5.97 Å². The third-order valence-corrected chi connectivity index (χ3v) is 7.53. The summed E-state index contributed by atoms with van der Waals surface area (Å²) in [6.07, 6.45) is 0. The molecule has 1 N–H and O–H groups in total. The minimum absolute atomic E-state index is 0.178. The molecule has 0 spiro atoms. The molecule has 0 saturated carbocycles. The number of halogens is 3. The lowest BCUT2D eigenvalue weighted by Crippen LogP contribution is -2.38. The highest BCUT2D eigenvalue weighted by Gasteiger charge is 2.28. The number of benzene rings is 1. The van der Waals surface area contributed by atoms with Crippen molar-refractivity contribution in [2.45, 2.75) is 13.8 Å². The van der Waals surface area contributed by atoms with Crippen molar-refractivity contribution in [2.24, 2.45) is 0 Å². The number of carbonyl (C=O) groups excluding carboxylic acids is 3. The van der Waals surface area contributed by atoms with Gasteiger partial charge < -0.3 is 19.7 Å². The van der Waals surface area contributed by atoms with E-state index in [0.717, 1.165) is 13.1 Å². The number of nitrogens with zero attached hydrogens (tertiary/aromatic N) is 2. The van der Waals surface area contributed by atoms with Crippen LogP contribution in [0.4, 0.5) is 11.4 Å². The number of nitrogens with one attached hydrogen (secondary N) is 1. The first-order chi connectivity index (χ1) is 13.6. The predicted molar refractivity (Wildman–Crippen MR) is 136 cm³/mol. The fraction of sp³-hybridized carbons (Fsp3) is 0.500. The molecule has 0 aromatic heterocycles. The summed E-state index contributed by atoms with van der Waals surface area (Å²) in [4.78, 5) is 40.3. The third kappa shape index (κ3) is 6.36. The number of esters is 1. The van der Waals surface area contributed by atoms with Gasteiger partial charge in [0, 0.05) is 40.5 Å². The first-order valence-electron chi connectivity index (χ1n) is 8.84. The lowest BCUT2D eigenvalue weighted by molar-refractivity contribution is -0.116. The molecule has 1 aliphatic heterocycles. The van der Waals surface area contributed by atoms with Crippen LogP contribution >= 0.6 is 67.8 Å². The van der Waals surface area contributed by atoms with Gasteiger partial charge in [0.25, 0.3) is 0 Å². The molecule has 11 heteroatoms. The minimum atomic E-state index is -0.478. The van der Waals surface area contributed by atoms with Gasteiger partial charge in [0.05, 0.1) is 40.9 Å². The van der Waals surface area contributed by atoms with E-state index in [2.05, 4.69) is 55.4 Å². The highest BCUT2D eigenvalue weighted by molar-refractivity contribution is 14.1. The van der Waals surface area contributed by atoms with Gasteiger partial charge in [-0.05, 0) is 67.8 Å². The summed E-state index contributed by atoms with van der Waals surface area (Å²) in [5, 5.41) is 2.78. The van der Waals surface area contributed by atoms with Gasteiger partial charge in [-0.25, -0.2) is 4.79 Å². The summed E-state index contributed by atoms with van der Waals surface area (Å²) in [7, 11) is 1.64. The average molecular weight is 741 g/mol. The van der Waals surface area contributed by atoms with Gasteiger partial charge in [-0.3, -0.25) is 14.5 Å². The molecule has 1 aromatic rings. The number of ether oxygens (including phenoxy) is 2. The van der Waals surface area contributed by atoms with E-state index in [1.54, 1.807) is 7.05 Å². The Morgan fingerprint density at radius 2 is 1.72 bits per heavy atom. The largest absolute Gasteiger partial charge is 0.461 e. The number of hydrogen-bond donors (Lipinski definition) is 1. The Kier molecular flexibility index (Phi) is 9.82. The zero-order valence-corrected chi connectivity index (χ0v) is 22.8. The summed E-state index contributed by atoms with van der Waals surface area (Å²) in [6.45, 7) is 6.73. The molecule has 2 rings (SSSR count). The monoisotopic (exact) mass is 741 g/mol. The smallest absolute Gasteiger partial charge is 0.340 e. The van der Waals surface area contributed by atoms with E-state index >= 15 is 0 Å². The van der Waals surface area contributed by atoms with Crippen LogP contribution in [0.3, 0.4) is 0 Å². The second-order valence-corrected chi connectivity index (χ2v) is 9.63. The predicted octanol–water partition coefficient (Wildman–Crippen LogP) is 2.93. The second-order valence-electron chi connectivity index (χ2n) is 6.39. The van der Waals surface area contributed by atoms with Gasteiger partial charge in [-0.2, -0.15) is 0 Å². The van der Waals surface area contributed by atoms with Gasteiger partial charge in [-0.15, -0.1) is 0 Å². The van der Waals surface area contributed by atoms with Crippen molar-refractivity contribution in [3.63, 3.8) is 0 Å². The molecular weight excluding hydrogens is 719 g/mol. The van der Waals surface area contributed by atoms with Crippen molar-refractivity contribution in [1.82, 2.24) is 4.90 Å². The second kappa shape index (κ2) is 11.4. The maximum Gasteiger partial charge on any atom is 0.340 e. The highest BCUT2D eigenvalue weighted by atomic mass is 127. The van der Waals surface area contributed by atoms with Crippen molar-refractivity contribution in [2.75, 3.05) is 56.7 Å². The van der Waals surface area contributed by atoms with Gasteiger partial charge in [0.2, 0.25) is 11.8 Å². The fourth-order valence-electron chi connectivity index (χ4n) is 2.73. The summed E-state index contributed by atoms with van der Waals surface area (Å²) in [5.41, 5.74) is 1.42. The molecule has 0 atom stereocenters. The molecule has 0 unspecified atom stereocenters. The van der Waals surface area contributed by atoms with Crippen molar-refractivity contribution in [1.29, 1.82) is 0 Å². The molecule has 29 heavy (non-hydrogen) atoms. The first kappa shape index (κ1) is 25.0. The quantitative estimate of drug-likeness (QED) is 0.357. The summed E-state index contributed by atoms with van der Waals surface area (Å²) in [6, 6.07) is 0. The average Bonchev–Trinajstić information content (AvgIpc) is 2.65. The summed E-state index contributed by atoms with van der Waals surface area (Å²) < 4.78 is 12.7. The summed E-state index contributed by atoms with van der Waals surface area (Å²) >= 11 is 6.18. The third-order valence-electron chi connectivity index (χ3n) is 4.35. The molecule has 2 amide bonds.